The zero-order valence-corrected chi connectivity index (χ0v) is 17.4. The van der Waals surface area contributed by atoms with Crippen LogP contribution in [0.2, 0.25) is 0 Å². The minimum atomic E-state index is -4.39. The molecule has 0 bridgehead atoms. The average Bonchev–Trinajstić information content (AvgIpc) is 2.68. The molecule has 1 aromatic rings. The van der Waals surface area contributed by atoms with Gasteiger partial charge in [-0.05, 0) is 42.2 Å². The molecule has 5 nitrogen and oxygen atoms in total. The number of benzene rings is 1. The average molecular weight is 424 g/mol. The van der Waals surface area contributed by atoms with Crippen LogP contribution in [0.1, 0.15) is 31.9 Å². The monoisotopic (exact) mass is 424 g/mol. The summed E-state index contributed by atoms with van der Waals surface area (Å²) < 4.78 is 44.2. The topological polar surface area (TPSA) is 53.0 Å². The van der Waals surface area contributed by atoms with Gasteiger partial charge in [0.2, 0.25) is 0 Å². The van der Waals surface area contributed by atoms with E-state index in [1.807, 2.05) is 24.8 Å². The molecule has 8 heteroatoms. The highest BCUT2D eigenvalue weighted by Crippen LogP contribution is 2.35. The van der Waals surface area contributed by atoms with Gasteiger partial charge in [-0.3, -0.25) is 0 Å². The lowest BCUT2D eigenvalue weighted by molar-refractivity contribution is -0.137. The molecule has 0 saturated carbocycles. The van der Waals surface area contributed by atoms with E-state index in [0.717, 1.165) is 18.0 Å². The standard InChI is InChI=1S/C22H27F3N2O3/c1-14(2)20-19(21(28)29)15(3)12-18(26-8-10-30-11-9-26)27(20)13-16-4-6-17(7-5-16)22(23,24)25/h4-7,12,14,20H,8-11,13H2,1-3H3,(H,28,29). The molecule has 2 heterocycles. The lowest BCUT2D eigenvalue weighted by Gasteiger charge is -2.46. The van der Waals surface area contributed by atoms with Crippen molar-refractivity contribution in [1.29, 1.82) is 0 Å². The fourth-order valence-corrected chi connectivity index (χ4v) is 4.11. The molecule has 1 aromatic carbocycles. The molecular formula is C22H27F3N2O3. The Morgan fingerprint density at radius 1 is 1.20 bits per heavy atom. The van der Waals surface area contributed by atoms with E-state index < -0.39 is 23.8 Å². The van der Waals surface area contributed by atoms with Crippen molar-refractivity contribution in [3.63, 3.8) is 0 Å². The van der Waals surface area contributed by atoms with Crippen LogP contribution >= 0.6 is 0 Å². The van der Waals surface area contributed by atoms with E-state index in [0.29, 0.717) is 49.6 Å². The van der Waals surface area contributed by atoms with Gasteiger partial charge in [0.1, 0.15) is 5.82 Å². The molecule has 3 rings (SSSR count). The molecule has 1 unspecified atom stereocenters. The molecule has 2 aliphatic rings. The molecule has 0 aliphatic carbocycles. The summed E-state index contributed by atoms with van der Waals surface area (Å²) in [4.78, 5) is 16.2. The van der Waals surface area contributed by atoms with Crippen LogP contribution in [0.3, 0.4) is 0 Å². The van der Waals surface area contributed by atoms with Crippen LogP contribution < -0.4 is 0 Å². The summed E-state index contributed by atoms with van der Waals surface area (Å²) in [5.41, 5.74) is 1.02. The van der Waals surface area contributed by atoms with Gasteiger partial charge in [-0.1, -0.05) is 26.0 Å². The molecule has 164 valence electrons. The Balaban J connectivity index is 2.00. The second kappa shape index (κ2) is 8.71. The molecule has 1 atom stereocenters. The van der Waals surface area contributed by atoms with Crippen molar-refractivity contribution in [3.05, 3.63) is 58.4 Å². The van der Waals surface area contributed by atoms with Gasteiger partial charge in [0.15, 0.2) is 0 Å². The second-order valence-electron chi connectivity index (χ2n) is 8.02. The molecular weight excluding hydrogens is 397 g/mol. The molecule has 0 aromatic heterocycles. The number of ether oxygens (including phenoxy) is 1. The van der Waals surface area contributed by atoms with Crippen LogP contribution in [0.4, 0.5) is 13.2 Å². The van der Waals surface area contributed by atoms with Gasteiger partial charge in [-0.2, -0.15) is 13.2 Å². The van der Waals surface area contributed by atoms with Gasteiger partial charge in [0.05, 0.1) is 30.4 Å². The van der Waals surface area contributed by atoms with Gasteiger partial charge in [0, 0.05) is 19.6 Å². The van der Waals surface area contributed by atoms with Crippen molar-refractivity contribution in [3.8, 4) is 0 Å². The third-order valence-corrected chi connectivity index (χ3v) is 5.53. The van der Waals surface area contributed by atoms with Crippen LogP contribution in [0, 0.1) is 5.92 Å². The maximum atomic E-state index is 12.9. The van der Waals surface area contributed by atoms with Crippen molar-refractivity contribution < 1.29 is 27.8 Å². The van der Waals surface area contributed by atoms with E-state index in [4.69, 9.17) is 4.74 Å². The predicted octanol–water partition coefficient (Wildman–Crippen LogP) is 4.12. The molecule has 0 spiro atoms. The van der Waals surface area contributed by atoms with Crippen LogP contribution in [0.25, 0.3) is 0 Å². The first-order valence-electron chi connectivity index (χ1n) is 10.0. The first-order chi connectivity index (χ1) is 14.1. The Morgan fingerprint density at radius 3 is 2.30 bits per heavy atom. The predicted molar refractivity (Wildman–Crippen MR) is 106 cm³/mol. The Bertz CT molecular complexity index is 838. The molecule has 1 saturated heterocycles. The first kappa shape index (κ1) is 22.2. The maximum Gasteiger partial charge on any atom is 0.416 e. The molecule has 2 aliphatic heterocycles. The Hall–Kier alpha value is -2.48. The quantitative estimate of drug-likeness (QED) is 0.771. The van der Waals surface area contributed by atoms with Crippen LogP contribution in [0.15, 0.2) is 47.3 Å². The summed E-state index contributed by atoms with van der Waals surface area (Å²) in [5, 5.41) is 9.86. The van der Waals surface area contributed by atoms with E-state index in [-0.39, 0.29) is 5.92 Å². The van der Waals surface area contributed by atoms with Gasteiger partial charge >= 0.3 is 12.1 Å². The number of rotatable bonds is 5. The van der Waals surface area contributed by atoms with Crippen LogP contribution in [-0.2, 0) is 22.3 Å². The minimum absolute atomic E-state index is 0.00904. The fourth-order valence-electron chi connectivity index (χ4n) is 4.11. The largest absolute Gasteiger partial charge is 0.478 e. The summed E-state index contributed by atoms with van der Waals surface area (Å²) in [6.45, 7) is 8.54. The van der Waals surface area contributed by atoms with Crippen molar-refractivity contribution in [2.24, 2.45) is 5.92 Å². The molecule has 30 heavy (non-hydrogen) atoms. The zero-order chi connectivity index (χ0) is 22.1. The highest BCUT2D eigenvalue weighted by molar-refractivity contribution is 5.90. The number of carbonyl (C=O) groups is 1. The third kappa shape index (κ3) is 4.64. The van der Waals surface area contributed by atoms with Gasteiger partial charge in [0.25, 0.3) is 0 Å². The zero-order valence-electron chi connectivity index (χ0n) is 17.4. The molecule has 1 N–H and O–H groups in total. The summed E-state index contributed by atoms with van der Waals surface area (Å²) in [7, 11) is 0. The van der Waals surface area contributed by atoms with E-state index in [1.165, 1.54) is 12.1 Å². The van der Waals surface area contributed by atoms with Crippen molar-refractivity contribution in [2.45, 2.75) is 39.5 Å². The summed E-state index contributed by atoms with van der Waals surface area (Å²) in [5.74, 6) is -0.0921. The van der Waals surface area contributed by atoms with Crippen LogP contribution in [0.5, 0.6) is 0 Å². The minimum Gasteiger partial charge on any atom is -0.478 e. The van der Waals surface area contributed by atoms with Gasteiger partial charge < -0.3 is 19.6 Å². The number of carboxylic acids is 1. The Kier molecular flexibility index (Phi) is 6.45. The number of carboxylic acid groups (broad SMARTS) is 1. The number of alkyl halides is 3. The summed E-state index contributed by atoms with van der Waals surface area (Å²) >= 11 is 0. The van der Waals surface area contributed by atoms with E-state index in [1.54, 1.807) is 6.92 Å². The Labute approximate surface area is 174 Å². The molecule has 0 amide bonds. The SMILES string of the molecule is CC1=C(C(=O)O)C(C(C)C)N(Cc2ccc(C(F)(F)F)cc2)C(N2CCOCC2)=C1. The van der Waals surface area contributed by atoms with Crippen molar-refractivity contribution in [2.75, 3.05) is 26.3 Å². The smallest absolute Gasteiger partial charge is 0.416 e. The summed E-state index contributed by atoms with van der Waals surface area (Å²) in [6.07, 6.45) is -2.52. The second-order valence-corrected chi connectivity index (χ2v) is 8.02. The molecule has 0 radical (unpaired) electrons. The normalized spacial score (nSPS) is 20.6. The summed E-state index contributed by atoms with van der Waals surface area (Å²) in [6, 6.07) is 4.67. The van der Waals surface area contributed by atoms with Gasteiger partial charge in [-0.15, -0.1) is 0 Å². The van der Waals surface area contributed by atoms with E-state index >= 15 is 0 Å². The number of halogens is 3. The first-order valence-corrected chi connectivity index (χ1v) is 10.0. The number of allylic oxidation sites excluding steroid dienone is 2. The van der Waals surface area contributed by atoms with E-state index in [9.17, 15) is 23.1 Å². The number of hydrogen-bond donors (Lipinski definition) is 1. The lowest BCUT2D eigenvalue weighted by atomic mass is 9.87. The number of aliphatic carboxylic acids is 1. The Morgan fingerprint density at radius 2 is 1.80 bits per heavy atom. The van der Waals surface area contributed by atoms with Crippen molar-refractivity contribution in [1.82, 2.24) is 9.80 Å². The van der Waals surface area contributed by atoms with Crippen LogP contribution in [-0.4, -0.2) is 53.2 Å². The molecule has 1 fully saturated rings. The number of hydrogen-bond acceptors (Lipinski definition) is 4. The highest BCUT2D eigenvalue weighted by atomic mass is 19.4. The lowest BCUT2D eigenvalue weighted by Crippen LogP contribution is -2.50. The fraction of sp³-hybridized carbons (Fsp3) is 0.500. The number of nitrogens with zero attached hydrogens (tertiary/aromatic N) is 2. The number of morpholine rings is 1. The highest BCUT2D eigenvalue weighted by Gasteiger charge is 2.37. The van der Waals surface area contributed by atoms with Gasteiger partial charge in [-0.25, -0.2) is 4.79 Å². The third-order valence-electron chi connectivity index (χ3n) is 5.53. The van der Waals surface area contributed by atoms with E-state index in [2.05, 4.69) is 4.90 Å². The van der Waals surface area contributed by atoms with Crippen molar-refractivity contribution >= 4 is 5.97 Å². The maximum absolute atomic E-state index is 12.9.